The van der Waals surface area contributed by atoms with Crippen molar-refractivity contribution < 1.29 is 4.79 Å². The van der Waals surface area contributed by atoms with Gasteiger partial charge in [0, 0.05) is 6.04 Å². The second-order valence-corrected chi connectivity index (χ2v) is 5.02. The predicted molar refractivity (Wildman–Crippen MR) is 61.4 cm³/mol. The lowest BCUT2D eigenvalue weighted by atomic mass is 10.1. The molecule has 0 radical (unpaired) electrons. The molecule has 3 nitrogen and oxygen atoms in total. The molecule has 0 aromatic heterocycles. The first-order valence-corrected chi connectivity index (χ1v) is 6.53. The Labute approximate surface area is 90.2 Å². The van der Waals surface area contributed by atoms with E-state index in [-0.39, 0.29) is 11.9 Å². The molecular weight excluding hydrogens is 196 g/mol. The molecule has 14 heavy (non-hydrogen) atoms. The number of carbonyl (C=O) groups is 1. The lowest BCUT2D eigenvalue weighted by Gasteiger charge is -2.24. The van der Waals surface area contributed by atoms with Crippen LogP contribution in [0.5, 0.6) is 0 Å². The number of nitrogens with one attached hydrogen (secondary N) is 1. The highest BCUT2D eigenvalue weighted by Gasteiger charge is 2.19. The largest absolute Gasteiger partial charge is 0.352 e. The van der Waals surface area contributed by atoms with E-state index < -0.39 is 0 Å². The zero-order chi connectivity index (χ0) is 10.4. The number of hydrogen-bond donors (Lipinski definition) is 2. The minimum atomic E-state index is -0.311. The molecule has 82 valence electrons. The average molecular weight is 216 g/mol. The molecule has 0 aliphatic carbocycles. The van der Waals surface area contributed by atoms with Crippen molar-refractivity contribution in [1.29, 1.82) is 0 Å². The fourth-order valence-corrected chi connectivity index (χ4v) is 2.70. The van der Waals surface area contributed by atoms with Crippen LogP contribution in [0.4, 0.5) is 0 Å². The Kier molecular flexibility index (Phi) is 5.33. The second-order valence-electron chi connectivity index (χ2n) is 3.79. The van der Waals surface area contributed by atoms with Crippen molar-refractivity contribution >= 4 is 17.7 Å². The van der Waals surface area contributed by atoms with E-state index in [0.29, 0.717) is 6.04 Å². The van der Waals surface area contributed by atoms with E-state index in [1.807, 2.05) is 18.7 Å². The van der Waals surface area contributed by atoms with E-state index in [2.05, 4.69) is 5.32 Å². The van der Waals surface area contributed by atoms with Crippen molar-refractivity contribution in [2.24, 2.45) is 5.73 Å². The van der Waals surface area contributed by atoms with Crippen LogP contribution in [0.15, 0.2) is 0 Å². The van der Waals surface area contributed by atoms with Gasteiger partial charge in [-0.1, -0.05) is 13.3 Å². The summed E-state index contributed by atoms with van der Waals surface area (Å²) >= 11 is 1.96. The molecular formula is C10H20N2OS. The van der Waals surface area contributed by atoms with Crippen LogP contribution in [-0.2, 0) is 4.79 Å². The summed E-state index contributed by atoms with van der Waals surface area (Å²) in [5, 5.41) is 3.03. The van der Waals surface area contributed by atoms with Crippen molar-refractivity contribution in [3.63, 3.8) is 0 Å². The molecule has 0 unspecified atom stereocenters. The molecule has 0 aromatic carbocycles. The molecule has 1 heterocycles. The Balaban J connectivity index is 2.24. The van der Waals surface area contributed by atoms with E-state index in [0.717, 1.165) is 37.2 Å². The van der Waals surface area contributed by atoms with Gasteiger partial charge in [0.1, 0.15) is 0 Å². The number of amides is 1. The third kappa shape index (κ3) is 3.88. The van der Waals surface area contributed by atoms with Crippen LogP contribution in [-0.4, -0.2) is 29.5 Å². The van der Waals surface area contributed by atoms with E-state index in [9.17, 15) is 4.79 Å². The summed E-state index contributed by atoms with van der Waals surface area (Å²) in [6.45, 7) is 2.05. The van der Waals surface area contributed by atoms with Crippen LogP contribution in [0.3, 0.4) is 0 Å². The van der Waals surface area contributed by atoms with Gasteiger partial charge in [0.25, 0.3) is 0 Å². The molecule has 1 amide bonds. The summed E-state index contributed by atoms with van der Waals surface area (Å²) in [5.41, 5.74) is 5.73. The van der Waals surface area contributed by atoms with Gasteiger partial charge in [0.15, 0.2) is 0 Å². The Hall–Kier alpha value is -0.220. The number of carbonyl (C=O) groups excluding carboxylic acids is 1. The van der Waals surface area contributed by atoms with Crippen LogP contribution in [0.1, 0.15) is 32.6 Å². The topological polar surface area (TPSA) is 55.1 Å². The summed E-state index contributed by atoms with van der Waals surface area (Å²) in [6.07, 6.45) is 3.94. The predicted octanol–water partition coefficient (Wildman–Crippen LogP) is 1.13. The first-order valence-electron chi connectivity index (χ1n) is 5.37. The van der Waals surface area contributed by atoms with E-state index in [1.165, 1.54) is 0 Å². The van der Waals surface area contributed by atoms with Gasteiger partial charge in [0.05, 0.1) is 6.04 Å². The van der Waals surface area contributed by atoms with Gasteiger partial charge in [-0.2, -0.15) is 11.8 Å². The van der Waals surface area contributed by atoms with Crippen molar-refractivity contribution in [3.8, 4) is 0 Å². The normalized spacial score (nSPS) is 20.4. The molecule has 0 bridgehead atoms. The van der Waals surface area contributed by atoms with Crippen LogP contribution in [0.25, 0.3) is 0 Å². The highest BCUT2D eigenvalue weighted by atomic mass is 32.2. The van der Waals surface area contributed by atoms with E-state index in [1.54, 1.807) is 0 Å². The molecule has 1 aliphatic heterocycles. The molecule has 0 saturated carbocycles. The van der Waals surface area contributed by atoms with Crippen LogP contribution in [0, 0.1) is 0 Å². The highest BCUT2D eigenvalue weighted by molar-refractivity contribution is 7.99. The molecule has 1 rings (SSSR count). The van der Waals surface area contributed by atoms with Crippen molar-refractivity contribution in [2.45, 2.75) is 44.7 Å². The molecule has 4 heteroatoms. The van der Waals surface area contributed by atoms with Gasteiger partial charge >= 0.3 is 0 Å². The summed E-state index contributed by atoms with van der Waals surface area (Å²) in [7, 11) is 0. The van der Waals surface area contributed by atoms with Gasteiger partial charge in [-0.25, -0.2) is 0 Å². The number of thioether (sulfide) groups is 1. The first-order chi connectivity index (χ1) is 6.74. The average Bonchev–Trinajstić information content (AvgIpc) is 2.19. The maximum absolute atomic E-state index is 11.6. The van der Waals surface area contributed by atoms with Gasteiger partial charge in [0.2, 0.25) is 5.91 Å². The third-order valence-electron chi connectivity index (χ3n) is 2.50. The molecule has 0 aromatic rings. The van der Waals surface area contributed by atoms with Gasteiger partial charge in [-0.05, 0) is 30.8 Å². The lowest BCUT2D eigenvalue weighted by Crippen LogP contribution is -2.46. The summed E-state index contributed by atoms with van der Waals surface area (Å²) in [6, 6.07) is 0.0567. The Morgan fingerprint density at radius 2 is 2.21 bits per heavy atom. The second kappa shape index (κ2) is 6.30. The van der Waals surface area contributed by atoms with Gasteiger partial charge in [-0.15, -0.1) is 0 Å². The summed E-state index contributed by atoms with van der Waals surface area (Å²) in [5.74, 6) is 2.35. The fraction of sp³-hybridized carbons (Fsp3) is 0.900. The lowest BCUT2D eigenvalue weighted by molar-refractivity contribution is -0.123. The molecule has 0 spiro atoms. The number of nitrogens with two attached hydrogens (primary N) is 1. The monoisotopic (exact) mass is 216 g/mol. The number of hydrogen-bond acceptors (Lipinski definition) is 3. The summed E-state index contributed by atoms with van der Waals surface area (Å²) in [4.78, 5) is 11.6. The summed E-state index contributed by atoms with van der Waals surface area (Å²) < 4.78 is 0. The SMILES string of the molecule is CCC[C@H](N)C(=O)NC1CCSCC1. The molecule has 3 N–H and O–H groups in total. The minimum absolute atomic E-state index is 0.0313. The van der Waals surface area contributed by atoms with Crippen LogP contribution >= 0.6 is 11.8 Å². The molecule has 1 atom stereocenters. The third-order valence-corrected chi connectivity index (χ3v) is 3.55. The molecule has 1 aliphatic rings. The Bertz CT molecular complexity index is 181. The zero-order valence-electron chi connectivity index (χ0n) is 8.79. The maximum Gasteiger partial charge on any atom is 0.237 e. The minimum Gasteiger partial charge on any atom is -0.352 e. The van der Waals surface area contributed by atoms with E-state index >= 15 is 0 Å². The maximum atomic E-state index is 11.6. The Morgan fingerprint density at radius 1 is 1.57 bits per heavy atom. The number of rotatable bonds is 4. The van der Waals surface area contributed by atoms with Crippen molar-refractivity contribution in [3.05, 3.63) is 0 Å². The molecule has 1 fully saturated rings. The quantitative estimate of drug-likeness (QED) is 0.740. The smallest absolute Gasteiger partial charge is 0.237 e. The highest BCUT2D eigenvalue weighted by Crippen LogP contribution is 2.16. The van der Waals surface area contributed by atoms with Crippen molar-refractivity contribution in [2.75, 3.05) is 11.5 Å². The van der Waals surface area contributed by atoms with Crippen LogP contribution < -0.4 is 11.1 Å². The molecule has 1 saturated heterocycles. The Morgan fingerprint density at radius 3 is 2.79 bits per heavy atom. The zero-order valence-corrected chi connectivity index (χ0v) is 9.61. The standard InChI is InChI=1S/C10H20N2OS/c1-2-3-9(11)10(13)12-8-4-6-14-7-5-8/h8-9H,2-7,11H2,1H3,(H,12,13)/t9-/m0/s1. The van der Waals surface area contributed by atoms with Crippen molar-refractivity contribution in [1.82, 2.24) is 5.32 Å². The fourth-order valence-electron chi connectivity index (χ4n) is 1.59. The first kappa shape index (κ1) is 11.9. The van der Waals surface area contributed by atoms with Gasteiger partial charge in [-0.3, -0.25) is 4.79 Å². The van der Waals surface area contributed by atoms with E-state index in [4.69, 9.17) is 5.73 Å². The van der Waals surface area contributed by atoms with Crippen LogP contribution in [0.2, 0.25) is 0 Å². The van der Waals surface area contributed by atoms with Gasteiger partial charge < -0.3 is 11.1 Å².